The zero-order chi connectivity index (χ0) is 26.7. The quantitative estimate of drug-likeness (QED) is 0.585. The number of pyridine rings is 1. The van der Waals surface area contributed by atoms with Gasteiger partial charge in [0.05, 0.1) is 17.1 Å². The van der Waals surface area contributed by atoms with Gasteiger partial charge in [0.2, 0.25) is 5.43 Å². The zero-order valence-electron chi connectivity index (χ0n) is 21.8. The summed E-state index contributed by atoms with van der Waals surface area (Å²) < 4.78 is 36.8. The first-order chi connectivity index (χ1) is 18.2. The van der Waals surface area contributed by atoms with E-state index in [0.717, 1.165) is 43.8 Å². The number of nitrogens with one attached hydrogen (secondary N) is 1. The number of aromatic nitrogens is 1. The van der Waals surface area contributed by atoms with Crippen molar-refractivity contribution in [1.29, 1.82) is 0 Å². The number of hydrogen-bond donors (Lipinski definition) is 2. The molecule has 1 saturated carbocycles. The lowest BCUT2D eigenvalue weighted by atomic mass is 10.1. The molecule has 0 radical (unpaired) electrons. The molecular weight excluding hydrogens is 496 g/mol. The first kappa shape index (κ1) is 25.5. The van der Waals surface area contributed by atoms with Gasteiger partial charge in [0, 0.05) is 37.8 Å². The molecule has 5 fully saturated rings. The van der Waals surface area contributed by atoms with Gasteiger partial charge in [0.1, 0.15) is 11.5 Å². The fourth-order valence-electron chi connectivity index (χ4n) is 6.92. The van der Waals surface area contributed by atoms with Crippen molar-refractivity contribution in [3.63, 3.8) is 0 Å². The number of ether oxygens (including phenoxy) is 1. The minimum Gasteiger partial charge on any atom is -0.449 e. The Morgan fingerprint density at radius 2 is 1.74 bits per heavy atom. The van der Waals surface area contributed by atoms with Gasteiger partial charge in [-0.15, -0.1) is 0 Å². The van der Waals surface area contributed by atoms with Crippen molar-refractivity contribution in [3.8, 4) is 5.75 Å². The maximum Gasteiger partial charge on any atom is 0.511 e. The standard InChI is InChI=1S/C20H21F2N3O4.C7H14N2/c1-23-5-4-10-7-24(8-14(10)23)18-13(21)6-12-17(16(18)22)25(11-2-3-11)9-15(19(12)26)29-20(27)28;1-9-3-2-6-4-8-5-7(6)9/h6,9-11,14H,2-5,7-8H2,1H3,(H,27,28);6-8H,2-5H2,1H3. The molecule has 5 heterocycles. The minimum absolute atomic E-state index is 0.0112. The van der Waals surface area contributed by atoms with Crippen LogP contribution in [0.25, 0.3) is 10.9 Å². The molecular formula is C27H35F2N5O4. The number of carboxylic acid groups (broad SMARTS) is 1. The monoisotopic (exact) mass is 531 g/mol. The summed E-state index contributed by atoms with van der Waals surface area (Å²) in [5.74, 6) is -0.694. The van der Waals surface area contributed by atoms with Crippen LogP contribution < -0.4 is 20.4 Å². The highest BCUT2D eigenvalue weighted by molar-refractivity contribution is 5.86. The number of hydrogen-bond acceptors (Lipinski definition) is 7. The van der Waals surface area contributed by atoms with Gasteiger partial charge in [-0.2, -0.15) is 0 Å². The van der Waals surface area contributed by atoms with Gasteiger partial charge < -0.3 is 34.4 Å². The molecule has 4 atom stereocenters. The average molecular weight is 532 g/mol. The van der Waals surface area contributed by atoms with E-state index in [2.05, 4.69) is 26.9 Å². The van der Waals surface area contributed by atoms with E-state index >= 15 is 8.78 Å². The molecule has 0 spiro atoms. The van der Waals surface area contributed by atoms with Crippen LogP contribution >= 0.6 is 0 Å². The van der Waals surface area contributed by atoms with Crippen molar-refractivity contribution in [1.82, 2.24) is 19.7 Å². The predicted octanol–water partition coefficient (Wildman–Crippen LogP) is 2.72. The van der Waals surface area contributed by atoms with Gasteiger partial charge in [-0.25, -0.2) is 13.6 Å². The third-order valence-electron chi connectivity index (χ3n) is 9.15. The maximum absolute atomic E-state index is 15.7. The Hall–Kier alpha value is -2.76. The van der Waals surface area contributed by atoms with Gasteiger partial charge in [-0.1, -0.05) is 0 Å². The van der Waals surface area contributed by atoms with E-state index in [0.29, 0.717) is 19.0 Å². The highest BCUT2D eigenvalue weighted by atomic mass is 19.1. The fraction of sp³-hybridized carbons (Fsp3) is 0.630. The topological polar surface area (TPSA) is 90.3 Å². The molecule has 4 saturated heterocycles. The molecule has 9 nitrogen and oxygen atoms in total. The summed E-state index contributed by atoms with van der Waals surface area (Å²) in [7, 11) is 4.26. The van der Waals surface area contributed by atoms with Crippen molar-refractivity contribution in [2.45, 2.75) is 43.8 Å². The van der Waals surface area contributed by atoms with Crippen LogP contribution in [0.1, 0.15) is 31.7 Å². The number of carbonyl (C=O) groups is 1. The molecule has 11 heteroatoms. The lowest BCUT2D eigenvalue weighted by Gasteiger charge is -2.24. The maximum atomic E-state index is 15.7. The Morgan fingerprint density at radius 3 is 2.39 bits per heavy atom. The number of nitrogens with zero attached hydrogens (tertiary/aromatic N) is 4. The summed E-state index contributed by atoms with van der Waals surface area (Å²) in [4.78, 5) is 30.0. The van der Waals surface area contributed by atoms with Gasteiger partial charge in [0.25, 0.3) is 0 Å². The molecule has 0 bridgehead atoms. The van der Waals surface area contributed by atoms with Crippen LogP contribution in [0.15, 0.2) is 17.1 Å². The molecule has 2 aromatic rings. The number of halogens is 2. The Kier molecular flexibility index (Phi) is 6.56. The predicted molar refractivity (Wildman–Crippen MR) is 139 cm³/mol. The number of likely N-dealkylation sites (tertiary alicyclic amines) is 2. The molecule has 1 aliphatic carbocycles. The highest BCUT2D eigenvalue weighted by Crippen LogP contribution is 2.42. The third kappa shape index (κ3) is 4.44. The van der Waals surface area contributed by atoms with E-state index in [1.807, 2.05) is 7.05 Å². The lowest BCUT2D eigenvalue weighted by Crippen LogP contribution is -2.32. The highest BCUT2D eigenvalue weighted by Gasteiger charge is 2.42. The molecule has 2 N–H and O–H groups in total. The van der Waals surface area contributed by atoms with E-state index in [9.17, 15) is 9.59 Å². The Bertz CT molecular complexity index is 1310. The number of benzene rings is 1. The largest absolute Gasteiger partial charge is 0.511 e. The van der Waals surface area contributed by atoms with E-state index in [4.69, 9.17) is 5.11 Å². The molecule has 206 valence electrons. The number of rotatable bonds is 3. The van der Waals surface area contributed by atoms with Crippen molar-refractivity contribution in [3.05, 3.63) is 34.1 Å². The zero-order valence-corrected chi connectivity index (χ0v) is 21.8. The summed E-state index contributed by atoms with van der Waals surface area (Å²) in [5.41, 5.74) is -0.931. The number of likely N-dealkylation sites (N-methyl/N-ethyl adjacent to an activating group) is 2. The van der Waals surface area contributed by atoms with E-state index < -0.39 is 29.0 Å². The van der Waals surface area contributed by atoms with Crippen molar-refractivity contribution < 1.29 is 23.4 Å². The van der Waals surface area contributed by atoms with Crippen LogP contribution in [0.2, 0.25) is 0 Å². The second kappa shape index (κ2) is 9.77. The Labute approximate surface area is 219 Å². The molecule has 7 rings (SSSR count). The van der Waals surface area contributed by atoms with E-state index in [1.54, 1.807) is 4.90 Å². The summed E-state index contributed by atoms with van der Waals surface area (Å²) in [6.07, 6.45) is 3.54. The van der Waals surface area contributed by atoms with Crippen molar-refractivity contribution in [2.24, 2.45) is 11.8 Å². The first-order valence-corrected chi connectivity index (χ1v) is 13.6. The third-order valence-corrected chi connectivity index (χ3v) is 9.15. The van der Waals surface area contributed by atoms with E-state index in [1.165, 1.54) is 36.8 Å². The van der Waals surface area contributed by atoms with Gasteiger partial charge >= 0.3 is 6.16 Å². The van der Waals surface area contributed by atoms with Gasteiger partial charge in [-0.05, 0) is 77.3 Å². The fourth-order valence-corrected chi connectivity index (χ4v) is 6.92. The van der Waals surface area contributed by atoms with Crippen LogP contribution in [-0.4, -0.2) is 91.1 Å². The van der Waals surface area contributed by atoms with E-state index in [-0.39, 0.29) is 28.7 Å². The van der Waals surface area contributed by atoms with Gasteiger partial charge in [-0.3, -0.25) is 4.79 Å². The molecule has 1 aromatic heterocycles. The van der Waals surface area contributed by atoms with Crippen LogP contribution in [0.5, 0.6) is 5.75 Å². The summed E-state index contributed by atoms with van der Waals surface area (Å²) >= 11 is 0. The SMILES string of the molecule is CN1CCC2CN(c3c(F)cc4c(=O)c(OC(=O)O)cn(C5CC5)c4c3F)CC21.CN1CCC2CNCC21. The minimum atomic E-state index is -1.64. The van der Waals surface area contributed by atoms with Crippen LogP contribution in [0, 0.1) is 23.5 Å². The molecule has 4 unspecified atom stereocenters. The molecule has 1 aromatic carbocycles. The molecule has 5 aliphatic rings. The van der Waals surface area contributed by atoms with Crippen molar-refractivity contribution >= 4 is 22.7 Å². The Morgan fingerprint density at radius 1 is 1.03 bits per heavy atom. The van der Waals surface area contributed by atoms with Gasteiger partial charge in [0.15, 0.2) is 11.6 Å². The number of anilines is 1. The smallest absolute Gasteiger partial charge is 0.449 e. The van der Waals surface area contributed by atoms with Crippen molar-refractivity contribution in [2.75, 3.05) is 58.3 Å². The molecule has 0 amide bonds. The second-order valence-corrected chi connectivity index (χ2v) is 11.5. The van der Waals surface area contributed by atoms with Crippen LogP contribution in [0.4, 0.5) is 19.3 Å². The summed E-state index contributed by atoms with van der Waals surface area (Å²) in [6.45, 7) is 5.89. The molecule has 38 heavy (non-hydrogen) atoms. The van der Waals surface area contributed by atoms with Crippen LogP contribution in [0.3, 0.4) is 0 Å². The first-order valence-electron chi connectivity index (χ1n) is 13.6. The average Bonchev–Trinajstić information content (AvgIpc) is 3.14. The second-order valence-electron chi connectivity index (χ2n) is 11.5. The summed E-state index contributed by atoms with van der Waals surface area (Å²) in [5, 5.41) is 12.1. The Balaban J connectivity index is 0.000000246. The lowest BCUT2D eigenvalue weighted by molar-refractivity contribution is 0.143. The molecule has 4 aliphatic heterocycles. The normalized spacial score (nSPS) is 28.9. The van der Waals surface area contributed by atoms with Crippen LogP contribution in [-0.2, 0) is 0 Å². The summed E-state index contributed by atoms with van der Waals surface area (Å²) in [6, 6.07) is 2.08. The number of fused-ring (bicyclic) bond motifs is 3.